The van der Waals surface area contributed by atoms with Gasteiger partial charge in [-0.2, -0.15) is 0 Å². The molecule has 1 aromatic heterocycles. The number of nitrogens with zero attached hydrogens (tertiary/aromatic N) is 1. The van der Waals surface area contributed by atoms with Crippen molar-refractivity contribution in [3.63, 3.8) is 0 Å². The van der Waals surface area contributed by atoms with E-state index in [9.17, 15) is 0 Å². The van der Waals surface area contributed by atoms with E-state index in [1.54, 1.807) is 6.20 Å². The van der Waals surface area contributed by atoms with Crippen molar-refractivity contribution in [3.05, 3.63) is 22.9 Å². The fraction of sp³-hybridized carbons (Fsp3) is 0.500. The Morgan fingerprint density at radius 2 is 2.57 bits per heavy atom. The number of rotatable bonds is 3. The van der Waals surface area contributed by atoms with Crippen LogP contribution < -0.4 is 10.6 Å². The lowest BCUT2D eigenvalue weighted by molar-refractivity contribution is 0.633. The van der Waals surface area contributed by atoms with Crippen LogP contribution in [0.5, 0.6) is 0 Å². The lowest BCUT2D eigenvalue weighted by Gasteiger charge is -2.13. The van der Waals surface area contributed by atoms with Crippen LogP contribution in [0.2, 0.25) is 0 Å². The van der Waals surface area contributed by atoms with E-state index in [2.05, 4.69) is 31.5 Å². The molecule has 1 atom stereocenters. The smallest absolute Gasteiger partial charge is 0.0590 e. The number of hydrogen-bond donors (Lipinski definition) is 2. The Labute approximate surface area is 92.4 Å². The number of hydrogen-bond acceptors (Lipinski definition) is 3. The summed E-state index contributed by atoms with van der Waals surface area (Å²) >= 11 is 3.46. The van der Waals surface area contributed by atoms with Gasteiger partial charge in [0.05, 0.1) is 10.2 Å². The molecule has 0 aliphatic carbocycles. The second-order valence-electron chi connectivity index (χ2n) is 3.53. The van der Waals surface area contributed by atoms with Gasteiger partial charge in [-0.05, 0) is 41.4 Å². The van der Waals surface area contributed by atoms with E-state index in [1.807, 2.05) is 12.3 Å². The van der Waals surface area contributed by atoms with Gasteiger partial charge in [-0.15, -0.1) is 0 Å². The zero-order valence-corrected chi connectivity index (χ0v) is 9.55. The fourth-order valence-corrected chi connectivity index (χ4v) is 2.07. The highest BCUT2D eigenvalue weighted by atomic mass is 79.9. The van der Waals surface area contributed by atoms with E-state index in [0.717, 1.165) is 23.2 Å². The van der Waals surface area contributed by atoms with Crippen LogP contribution in [0.4, 0.5) is 5.69 Å². The first kappa shape index (κ1) is 9.93. The number of anilines is 1. The summed E-state index contributed by atoms with van der Waals surface area (Å²) in [5.41, 5.74) is 1.12. The Kier molecular flexibility index (Phi) is 3.37. The molecular weight excluding hydrogens is 242 g/mol. The molecule has 1 aliphatic rings. The average Bonchev–Trinajstić information content (AvgIpc) is 2.69. The summed E-state index contributed by atoms with van der Waals surface area (Å²) in [7, 11) is 0. The Morgan fingerprint density at radius 1 is 1.64 bits per heavy atom. The molecule has 0 spiro atoms. The quantitative estimate of drug-likeness (QED) is 0.868. The molecule has 1 unspecified atom stereocenters. The average molecular weight is 256 g/mol. The maximum atomic E-state index is 4.02. The van der Waals surface area contributed by atoms with Crippen LogP contribution in [-0.2, 0) is 0 Å². The molecular formula is C10H14BrN3. The van der Waals surface area contributed by atoms with Crippen molar-refractivity contribution in [2.75, 3.05) is 18.4 Å². The van der Waals surface area contributed by atoms with Crippen LogP contribution >= 0.6 is 15.9 Å². The summed E-state index contributed by atoms with van der Waals surface area (Å²) in [6.07, 6.45) is 6.18. The van der Waals surface area contributed by atoms with Crippen molar-refractivity contribution in [3.8, 4) is 0 Å². The number of halogens is 1. The van der Waals surface area contributed by atoms with Gasteiger partial charge >= 0.3 is 0 Å². The Balaban J connectivity index is 1.88. The lowest BCUT2D eigenvalue weighted by atomic mass is 10.2. The van der Waals surface area contributed by atoms with Crippen LogP contribution in [0.3, 0.4) is 0 Å². The number of nitrogens with one attached hydrogen (secondary N) is 2. The van der Waals surface area contributed by atoms with Gasteiger partial charge in [0.25, 0.3) is 0 Å². The van der Waals surface area contributed by atoms with Gasteiger partial charge in [0.2, 0.25) is 0 Å². The summed E-state index contributed by atoms with van der Waals surface area (Å²) in [4.78, 5) is 4.02. The topological polar surface area (TPSA) is 37.0 Å². The van der Waals surface area contributed by atoms with Crippen molar-refractivity contribution in [1.82, 2.24) is 10.3 Å². The number of pyridine rings is 1. The third-order valence-electron chi connectivity index (χ3n) is 2.47. The summed E-state index contributed by atoms with van der Waals surface area (Å²) in [6, 6.07) is 2.61. The predicted octanol–water partition coefficient (Wildman–Crippen LogP) is 2.01. The van der Waals surface area contributed by atoms with Crippen LogP contribution in [-0.4, -0.2) is 24.1 Å². The Bertz CT molecular complexity index is 297. The third-order valence-corrected chi connectivity index (χ3v) is 3.11. The van der Waals surface area contributed by atoms with E-state index in [4.69, 9.17) is 0 Å². The molecule has 0 radical (unpaired) electrons. The van der Waals surface area contributed by atoms with Crippen LogP contribution in [0, 0.1) is 0 Å². The molecule has 2 N–H and O–H groups in total. The second kappa shape index (κ2) is 4.75. The molecule has 0 amide bonds. The van der Waals surface area contributed by atoms with E-state index in [0.29, 0.717) is 6.04 Å². The van der Waals surface area contributed by atoms with Crippen molar-refractivity contribution in [2.45, 2.75) is 18.9 Å². The van der Waals surface area contributed by atoms with Crippen molar-refractivity contribution >= 4 is 21.6 Å². The predicted molar refractivity (Wildman–Crippen MR) is 61.5 cm³/mol. The molecule has 1 aliphatic heterocycles. The van der Waals surface area contributed by atoms with E-state index < -0.39 is 0 Å². The highest BCUT2D eigenvalue weighted by Crippen LogP contribution is 2.20. The SMILES string of the molecule is Brc1cnccc1NCC1CCCN1. The standard InChI is InChI=1S/C10H14BrN3/c11-9-7-12-5-3-10(9)14-6-8-2-1-4-13-8/h3,5,7-8,13H,1-2,4,6H2,(H,12,14). The monoisotopic (exact) mass is 255 g/mol. The highest BCUT2D eigenvalue weighted by molar-refractivity contribution is 9.10. The zero-order chi connectivity index (χ0) is 9.80. The summed E-state index contributed by atoms with van der Waals surface area (Å²) in [5, 5.41) is 6.86. The number of aromatic nitrogens is 1. The molecule has 1 saturated heterocycles. The molecule has 0 aromatic carbocycles. The first-order chi connectivity index (χ1) is 6.86. The van der Waals surface area contributed by atoms with Gasteiger partial charge in [-0.1, -0.05) is 0 Å². The van der Waals surface area contributed by atoms with Gasteiger partial charge in [0.15, 0.2) is 0 Å². The van der Waals surface area contributed by atoms with Gasteiger partial charge in [0, 0.05) is 25.0 Å². The maximum absolute atomic E-state index is 4.02. The van der Waals surface area contributed by atoms with Crippen molar-refractivity contribution in [1.29, 1.82) is 0 Å². The molecule has 76 valence electrons. The van der Waals surface area contributed by atoms with Crippen LogP contribution in [0.15, 0.2) is 22.9 Å². The molecule has 4 heteroatoms. The minimum atomic E-state index is 0.620. The normalized spacial score (nSPS) is 21.1. The van der Waals surface area contributed by atoms with Gasteiger partial charge in [-0.25, -0.2) is 0 Å². The van der Waals surface area contributed by atoms with E-state index >= 15 is 0 Å². The van der Waals surface area contributed by atoms with E-state index in [1.165, 1.54) is 12.8 Å². The van der Waals surface area contributed by atoms with Gasteiger partial charge in [-0.3, -0.25) is 4.98 Å². The van der Waals surface area contributed by atoms with E-state index in [-0.39, 0.29) is 0 Å². The van der Waals surface area contributed by atoms with Gasteiger partial charge < -0.3 is 10.6 Å². The minimum absolute atomic E-state index is 0.620. The third kappa shape index (κ3) is 2.45. The largest absolute Gasteiger partial charge is 0.382 e. The Hall–Kier alpha value is -0.610. The first-order valence-corrected chi connectivity index (χ1v) is 5.72. The molecule has 3 nitrogen and oxygen atoms in total. The minimum Gasteiger partial charge on any atom is -0.382 e. The highest BCUT2D eigenvalue weighted by Gasteiger charge is 2.13. The molecule has 14 heavy (non-hydrogen) atoms. The Morgan fingerprint density at radius 3 is 3.29 bits per heavy atom. The van der Waals surface area contributed by atoms with Crippen LogP contribution in [0.1, 0.15) is 12.8 Å². The van der Waals surface area contributed by atoms with Crippen LogP contribution in [0.25, 0.3) is 0 Å². The molecule has 0 bridgehead atoms. The molecule has 0 saturated carbocycles. The molecule has 1 fully saturated rings. The molecule has 1 aromatic rings. The summed E-state index contributed by atoms with van der Waals surface area (Å²) in [6.45, 7) is 2.15. The first-order valence-electron chi connectivity index (χ1n) is 4.93. The zero-order valence-electron chi connectivity index (χ0n) is 7.96. The second-order valence-corrected chi connectivity index (χ2v) is 4.38. The maximum Gasteiger partial charge on any atom is 0.0590 e. The molecule has 2 heterocycles. The van der Waals surface area contributed by atoms with Gasteiger partial charge in [0.1, 0.15) is 0 Å². The fourth-order valence-electron chi connectivity index (χ4n) is 1.68. The summed E-state index contributed by atoms with van der Waals surface area (Å²) in [5.74, 6) is 0. The lowest BCUT2D eigenvalue weighted by Crippen LogP contribution is -2.29. The summed E-state index contributed by atoms with van der Waals surface area (Å²) < 4.78 is 1.03. The van der Waals surface area contributed by atoms with Crippen molar-refractivity contribution in [2.24, 2.45) is 0 Å². The molecule has 2 rings (SSSR count). The van der Waals surface area contributed by atoms with Crippen molar-refractivity contribution < 1.29 is 0 Å².